The molecule has 1 aromatic heterocycles. The fourth-order valence-electron chi connectivity index (χ4n) is 3.45. The quantitative estimate of drug-likeness (QED) is 0.525. The van der Waals surface area contributed by atoms with Crippen molar-refractivity contribution in [1.82, 2.24) is 4.31 Å². The average Bonchev–Trinajstić information content (AvgIpc) is 3.32. The number of hydrogen-bond donors (Lipinski definition) is 1. The molecule has 7 nitrogen and oxygen atoms in total. The van der Waals surface area contributed by atoms with Crippen molar-refractivity contribution in [3.8, 4) is 21.9 Å². The van der Waals surface area contributed by atoms with Crippen LogP contribution in [0, 0.1) is 11.6 Å². The Kier molecular flexibility index (Phi) is 6.48. The first-order valence-electron chi connectivity index (χ1n) is 9.82. The molecule has 0 atom stereocenters. The van der Waals surface area contributed by atoms with E-state index < -0.39 is 38.8 Å². The van der Waals surface area contributed by atoms with Crippen molar-refractivity contribution in [2.24, 2.45) is 0 Å². The van der Waals surface area contributed by atoms with Gasteiger partial charge in [0, 0.05) is 18.0 Å². The maximum Gasteiger partial charge on any atom is 0.246 e. The molecular formula is C22H19F2NO6S2. The Balaban J connectivity index is 1.71. The van der Waals surface area contributed by atoms with Crippen LogP contribution in [0.4, 0.5) is 8.78 Å². The van der Waals surface area contributed by atoms with Gasteiger partial charge in [0.15, 0.2) is 11.6 Å². The van der Waals surface area contributed by atoms with E-state index in [0.29, 0.717) is 23.7 Å². The van der Waals surface area contributed by atoms with Crippen LogP contribution in [0.1, 0.15) is 15.2 Å². The van der Waals surface area contributed by atoms with Gasteiger partial charge in [0.2, 0.25) is 15.8 Å². The number of carbonyl (C=O) groups excluding carboxylic acids is 1. The molecule has 1 saturated heterocycles. The Morgan fingerprint density at radius 3 is 2.55 bits per heavy atom. The predicted molar refractivity (Wildman–Crippen MR) is 117 cm³/mol. The van der Waals surface area contributed by atoms with Crippen LogP contribution in [0.25, 0.3) is 10.4 Å². The molecule has 0 unspecified atom stereocenters. The zero-order chi connectivity index (χ0) is 23.8. The molecule has 174 valence electrons. The standard InChI is InChI=1S/C22H19F2NO6S2/c1-30-16-5-2-13(12-19(16)33(28,29)25-8-10-31-11-9-25)17-6-7-18(32-17)22(27)20-14(23)3-4-15(26)21(20)24/h2-7,12,26H,8-11H2,1H3. The van der Waals surface area contributed by atoms with E-state index in [2.05, 4.69) is 0 Å². The van der Waals surface area contributed by atoms with E-state index in [1.807, 2.05) is 0 Å². The molecule has 0 amide bonds. The SMILES string of the molecule is COc1ccc(-c2ccc(C(=O)c3c(F)ccc(O)c3F)s2)cc1S(=O)(=O)N1CCOCC1. The lowest BCUT2D eigenvalue weighted by atomic mass is 10.1. The summed E-state index contributed by atoms with van der Waals surface area (Å²) in [6.07, 6.45) is 0. The van der Waals surface area contributed by atoms with Crippen molar-refractivity contribution < 1.29 is 36.6 Å². The molecular weight excluding hydrogens is 476 g/mol. The Morgan fingerprint density at radius 1 is 1.12 bits per heavy atom. The second-order valence-corrected chi connectivity index (χ2v) is 10.1. The second kappa shape index (κ2) is 9.18. The normalized spacial score (nSPS) is 14.9. The van der Waals surface area contributed by atoms with Crippen molar-refractivity contribution in [3.05, 3.63) is 64.5 Å². The van der Waals surface area contributed by atoms with Crippen LogP contribution >= 0.6 is 11.3 Å². The van der Waals surface area contributed by atoms with Gasteiger partial charge in [-0.15, -0.1) is 11.3 Å². The van der Waals surface area contributed by atoms with Crippen molar-refractivity contribution in [1.29, 1.82) is 0 Å². The summed E-state index contributed by atoms with van der Waals surface area (Å²) >= 11 is 0.947. The minimum absolute atomic E-state index is 0.0294. The Hall–Kier alpha value is -2.86. The smallest absolute Gasteiger partial charge is 0.246 e. The number of ketones is 1. The lowest BCUT2D eigenvalue weighted by molar-refractivity contribution is 0.0729. The van der Waals surface area contributed by atoms with E-state index in [9.17, 15) is 27.1 Å². The summed E-state index contributed by atoms with van der Waals surface area (Å²) in [6, 6.07) is 9.18. The monoisotopic (exact) mass is 495 g/mol. The molecule has 4 rings (SSSR count). The van der Waals surface area contributed by atoms with Gasteiger partial charge >= 0.3 is 0 Å². The Bertz CT molecular complexity index is 1320. The molecule has 2 heterocycles. The highest BCUT2D eigenvalue weighted by atomic mass is 32.2. The lowest BCUT2D eigenvalue weighted by Gasteiger charge is -2.26. The van der Waals surface area contributed by atoms with Gasteiger partial charge in [-0.05, 0) is 48.0 Å². The van der Waals surface area contributed by atoms with Crippen molar-refractivity contribution in [2.45, 2.75) is 4.90 Å². The molecule has 1 fully saturated rings. The third-order valence-electron chi connectivity index (χ3n) is 5.16. The van der Waals surface area contributed by atoms with Gasteiger partial charge in [0.25, 0.3) is 0 Å². The molecule has 0 spiro atoms. The highest BCUT2D eigenvalue weighted by Crippen LogP contribution is 2.36. The largest absolute Gasteiger partial charge is 0.505 e. The topological polar surface area (TPSA) is 93.1 Å². The number of hydrogen-bond acceptors (Lipinski definition) is 7. The van der Waals surface area contributed by atoms with E-state index >= 15 is 0 Å². The van der Waals surface area contributed by atoms with Gasteiger partial charge in [0.05, 0.1) is 30.8 Å². The average molecular weight is 496 g/mol. The number of halogens is 2. The molecule has 2 aromatic carbocycles. The molecule has 11 heteroatoms. The number of aromatic hydroxyl groups is 1. The van der Waals surface area contributed by atoms with E-state index in [1.54, 1.807) is 12.1 Å². The number of nitrogens with zero attached hydrogens (tertiary/aromatic N) is 1. The van der Waals surface area contributed by atoms with E-state index in [1.165, 1.54) is 29.6 Å². The number of phenols is 1. The first-order chi connectivity index (χ1) is 15.7. The number of sulfonamides is 1. The van der Waals surface area contributed by atoms with Gasteiger partial charge in [-0.2, -0.15) is 4.31 Å². The molecule has 3 aromatic rings. The molecule has 0 bridgehead atoms. The van der Waals surface area contributed by atoms with Gasteiger partial charge in [0.1, 0.15) is 16.5 Å². The summed E-state index contributed by atoms with van der Waals surface area (Å²) in [5, 5.41) is 9.50. The summed E-state index contributed by atoms with van der Waals surface area (Å²) in [5.41, 5.74) is -0.364. The van der Waals surface area contributed by atoms with Gasteiger partial charge in [-0.3, -0.25) is 4.79 Å². The maximum atomic E-state index is 14.2. The van der Waals surface area contributed by atoms with Crippen LogP contribution in [0.15, 0.2) is 47.4 Å². The van der Waals surface area contributed by atoms with E-state index in [4.69, 9.17) is 9.47 Å². The highest BCUT2D eigenvalue weighted by molar-refractivity contribution is 7.89. The number of carbonyl (C=O) groups is 1. The number of ether oxygens (including phenoxy) is 2. The third kappa shape index (κ3) is 4.36. The number of benzene rings is 2. The second-order valence-electron chi connectivity index (χ2n) is 7.13. The minimum atomic E-state index is -3.86. The van der Waals surface area contributed by atoms with Crippen LogP contribution in [-0.2, 0) is 14.8 Å². The molecule has 1 aliphatic heterocycles. The number of rotatable bonds is 6. The zero-order valence-corrected chi connectivity index (χ0v) is 19.0. The highest BCUT2D eigenvalue weighted by Gasteiger charge is 2.30. The summed E-state index contributed by atoms with van der Waals surface area (Å²) in [6.45, 7) is 1.02. The fourth-order valence-corrected chi connectivity index (χ4v) is 5.98. The van der Waals surface area contributed by atoms with Gasteiger partial charge in [-0.1, -0.05) is 0 Å². The molecule has 1 N–H and O–H groups in total. The summed E-state index contributed by atoms with van der Waals surface area (Å²) < 4.78 is 66.4. The van der Waals surface area contributed by atoms with Gasteiger partial charge < -0.3 is 14.6 Å². The van der Waals surface area contributed by atoms with Crippen LogP contribution in [0.2, 0.25) is 0 Å². The number of phenolic OH excluding ortho intramolecular Hbond substituents is 1. The predicted octanol–water partition coefficient (Wildman–Crippen LogP) is 3.66. The minimum Gasteiger partial charge on any atom is -0.505 e. The number of methoxy groups -OCH3 is 1. The van der Waals surface area contributed by atoms with Crippen molar-refractivity contribution in [3.63, 3.8) is 0 Å². The first kappa shape index (κ1) is 23.3. The molecule has 33 heavy (non-hydrogen) atoms. The summed E-state index contributed by atoms with van der Waals surface area (Å²) in [5.74, 6) is -4.01. The molecule has 1 aliphatic rings. The Labute approximate surface area is 192 Å². The maximum absolute atomic E-state index is 14.2. The lowest BCUT2D eigenvalue weighted by Crippen LogP contribution is -2.40. The molecule has 0 radical (unpaired) electrons. The number of thiophene rings is 1. The van der Waals surface area contributed by atoms with E-state index in [0.717, 1.165) is 23.5 Å². The zero-order valence-electron chi connectivity index (χ0n) is 17.4. The van der Waals surface area contributed by atoms with E-state index in [-0.39, 0.29) is 28.6 Å². The van der Waals surface area contributed by atoms with Crippen LogP contribution in [0.5, 0.6) is 11.5 Å². The van der Waals surface area contributed by atoms with Crippen LogP contribution in [0.3, 0.4) is 0 Å². The third-order valence-corrected chi connectivity index (χ3v) is 8.22. The van der Waals surface area contributed by atoms with Crippen molar-refractivity contribution in [2.75, 3.05) is 33.4 Å². The van der Waals surface area contributed by atoms with Crippen molar-refractivity contribution >= 4 is 27.1 Å². The summed E-state index contributed by atoms with van der Waals surface area (Å²) in [7, 11) is -2.50. The first-order valence-corrected chi connectivity index (χ1v) is 12.1. The van der Waals surface area contributed by atoms with Gasteiger partial charge in [-0.25, -0.2) is 17.2 Å². The Morgan fingerprint density at radius 2 is 1.85 bits per heavy atom. The van der Waals surface area contributed by atoms with Crippen LogP contribution in [-0.4, -0.2) is 57.0 Å². The molecule has 0 aliphatic carbocycles. The summed E-state index contributed by atoms with van der Waals surface area (Å²) in [4.78, 5) is 13.2. The molecule has 0 saturated carbocycles. The fraction of sp³-hybridized carbons (Fsp3) is 0.227. The van der Waals surface area contributed by atoms with Crippen LogP contribution < -0.4 is 4.74 Å². The number of morpholine rings is 1.